The van der Waals surface area contributed by atoms with Crippen LogP contribution >= 0.6 is 0 Å². The van der Waals surface area contributed by atoms with Crippen molar-refractivity contribution in [3.05, 3.63) is 29.1 Å². The zero-order chi connectivity index (χ0) is 13.8. The molecule has 4 heteroatoms. The minimum atomic E-state index is -0.508. The molecule has 1 aromatic carbocycles. The second-order valence-electron chi connectivity index (χ2n) is 5.28. The molecule has 1 atom stereocenters. The van der Waals surface area contributed by atoms with Crippen LogP contribution in [0.5, 0.6) is 5.75 Å². The van der Waals surface area contributed by atoms with E-state index in [-0.39, 0.29) is 11.8 Å². The first-order valence-electron chi connectivity index (χ1n) is 7.07. The first-order chi connectivity index (χ1) is 9.13. The molecule has 2 N–H and O–H groups in total. The number of aryl methyl sites for hydroxylation is 1. The van der Waals surface area contributed by atoms with E-state index >= 15 is 0 Å². The minimum Gasteiger partial charge on any atom is -0.505 e. The molecule has 1 aromatic rings. The topological polar surface area (TPSA) is 35.5 Å². The predicted octanol–water partition coefficient (Wildman–Crippen LogP) is 2.59. The molecule has 2 rings (SSSR count). The monoisotopic (exact) mass is 266 g/mol. The van der Waals surface area contributed by atoms with Crippen LogP contribution in [0, 0.1) is 12.7 Å². The molecule has 1 aliphatic heterocycles. The highest BCUT2D eigenvalue weighted by molar-refractivity contribution is 5.39. The molecule has 106 valence electrons. The van der Waals surface area contributed by atoms with E-state index in [0.29, 0.717) is 0 Å². The van der Waals surface area contributed by atoms with E-state index in [1.165, 1.54) is 6.07 Å². The van der Waals surface area contributed by atoms with Gasteiger partial charge in [-0.1, -0.05) is 19.4 Å². The second kappa shape index (κ2) is 6.35. The van der Waals surface area contributed by atoms with E-state index in [1.54, 1.807) is 0 Å². The van der Waals surface area contributed by atoms with Crippen molar-refractivity contribution >= 4 is 0 Å². The lowest BCUT2D eigenvalue weighted by molar-refractivity contribution is 0.161. The number of halogens is 1. The summed E-state index contributed by atoms with van der Waals surface area (Å²) < 4.78 is 13.7. The third-order valence-electron chi connectivity index (χ3n) is 3.75. The van der Waals surface area contributed by atoms with Gasteiger partial charge in [0.05, 0.1) is 0 Å². The van der Waals surface area contributed by atoms with Gasteiger partial charge in [-0.2, -0.15) is 0 Å². The Hall–Kier alpha value is -1.13. The number of hydrogen-bond donors (Lipinski definition) is 2. The normalized spacial score (nSPS) is 18.5. The third kappa shape index (κ3) is 3.25. The first kappa shape index (κ1) is 14.3. The molecule has 0 aromatic heterocycles. The molecular formula is C15H23FN2O. The van der Waals surface area contributed by atoms with E-state index in [0.717, 1.165) is 50.1 Å². The third-order valence-corrected chi connectivity index (χ3v) is 3.75. The fourth-order valence-corrected chi connectivity index (χ4v) is 2.82. The molecule has 1 heterocycles. The van der Waals surface area contributed by atoms with Crippen LogP contribution < -0.4 is 5.32 Å². The molecule has 0 unspecified atom stereocenters. The Bertz CT molecular complexity index is 430. The van der Waals surface area contributed by atoms with Gasteiger partial charge in [-0.3, -0.25) is 4.90 Å². The van der Waals surface area contributed by atoms with Gasteiger partial charge in [0.15, 0.2) is 11.6 Å². The van der Waals surface area contributed by atoms with Gasteiger partial charge in [0, 0.05) is 37.8 Å². The van der Waals surface area contributed by atoms with Crippen molar-refractivity contribution in [2.75, 3.05) is 26.2 Å². The number of nitrogens with zero attached hydrogens (tertiary/aromatic N) is 1. The zero-order valence-corrected chi connectivity index (χ0v) is 11.7. The van der Waals surface area contributed by atoms with Gasteiger partial charge in [-0.15, -0.1) is 0 Å². The number of hydrogen-bond acceptors (Lipinski definition) is 3. The lowest BCUT2D eigenvalue weighted by Gasteiger charge is -2.35. The average Bonchev–Trinajstić information content (AvgIpc) is 2.41. The van der Waals surface area contributed by atoms with Crippen molar-refractivity contribution in [2.45, 2.75) is 32.7 Å². The Morgan fingerprint density at radius 2 is 2.05 bits per heavy atom. The van der Waals surface area contributed by atoms with E-state index in [4.69, 9.17) is 0 Å². The molecule has 0 radical (unpaired) electrons. The van der Waals surface area contributed by atoms with Gasteiger partial charge in [0.25, 0.3) is 0 Å². The van der Waals surface area contributed by atoms with Gasteiger partial charge in [-0.05, 0) is 25.0 Å². The summed E-state index contributed by atoms with van der Waals surface area (Å²) in [7, 11) is 0. The molecule has 0 amide bonds. The summed E-state index contributed by atoms with van der Waals surface area (Å²) >= 11 is 0. The number of rotatable bonds is 4. The Labute approximate surface area is 114 Å². The van der Waals surface area contributed by atoms with E-state index in [1.807, 2.05) is 13.0 Å². The van der Waals surface area contributed by atoms with Crippen molar-refractivity contribution in [2.24, 2.45) is 0 Å². The largest absolute Gasteiger partial charge is 0.505 e. The first-order valence-corrected chi connectivity index (χ1v) is 7.07. The van der Waals surface area contributed by atoms with Crippen molar-refractivity contribution in [3.8, 4) is 5.75 Å². The molecule has 19 heavy (non-hydrogen) atoms. The Morgan fingerprint density at radius 1 is 1.37 bits per heavy atom. The standard InChI is InChI=1S/C15H23FN2O/c1-3-4-14(18-7-5-17-6-8-18)12-9-11(2)10-13(16)15(12)19/h9-10,14,17,19H,3-8H2,1-2H3/t14-/m0/s1. The van der Waals surface area contributed by atoms with Gasteiger partial charge < -0.3 is 10.4 Å². The van der Waals surface area contributed by atoms with Gasteiger partial charge in [0.2, 0.25) is 0 Å². The summed E-state index contributed by atoms with van der Waals surface area (Å²) in [5.41, 5.74) is 1.60. The molecule has 0 spiro atoms. The molecule has 1 fully saturated rings. The highest BCUT2D eigenvalue weighted by Crippen LogP contribution is 2.34. The summed E-state index contributed by atoms with van der Waals surface area (Å²) in [4.78, 5) is 2.34. The summed E-state index contributed by atoms with van der Waals surface area (Å²) in [6.45, 7) is 7.79. The van der Waals surface area contributed by atoms with Crippen LogP contribution in [-0.2, 0) is 0 Å². The molecule has 1 aliphatic rings. The zero-order valence-electron chi connectivity index (χ0n) is 11.7. The molecule has 1 saturated heterocycles. The van der Waals surface area contributed by atoms with Gasteiger partial charge in [0.1, 0.15) is 0 Å². The van der Waals surface area contributed by atoms with Crippen LogP contribution in [0.3, 0.4) is 0 Å². The molecule has 3 nitrogen and oxygen atoms in total. The summed E-state index contributed by atoms with van der Waals surface area (Å²) in [5.74, 6) is -0.686. The quantitative estimate of drug-likeness (QED) is 0.879. The fourth-order valence-electron chi connectivity index (χ4n) is 2.82. The minimum absolute atomic E-state index is 0.112. The van der Waals surface area contributed by atoms with Gasteiger partial charge in [-0.25, -0.2) is 4.39 Å². The summed E-state index contributed by atoms with van der Waals surface area (Å²) in [5, 5.41) is 13.4. The Balaban J connectivity index is 2.32. The molecule has 0 aliphatic carbocycles. The lowest BCUT2D eigenvalue weighted by Crippen LogP contribution is -2.45. The maximum Gasteiger partial charge on any atom is 0.165 e. The Kier molecular flexibility index (Phi) is 4.77. The predicted molar refractivity (Wildman–Crippen MR) is 74.9 cm³/mol. The van der Waals surface area contributed by atoms with E-state index in [2.05, 4.69) is 17.1 Å². The van der Waals surface area contributed by atoms with Crippen molar-refractivity contribution < 1.29 is 9.50 Å². The van der Waals surface area contributed by atoms with Crippen molar-refractivity contribution in [1.29, 1.82) is 0 Å². The van der Waals surface area contributed by atoms with Crippen LogP contribution in [0.25, 0.3) is 0 Å². The van der Waals surface area contributed by atoms with Crippen LogP contribution in [0.15, 0.2) is 12.1 Å². The van der Waals surface area contributed by atoms with Crippen LogP contribution in [0.4, 0.5) is 4.39 Å². The molecular weight excluding hydrogens is 243 g/mol. The van der Waals surface area contributed by atoms with E-state index < -0.39 is 5.82 Å². The number of phenolic OH excluding ortho intramolecular Hbond substituents is 1. The smallest absolute Gasteiger partial charge is 0.165 e. The van der Waals surface area contributed by atoms with Crippen LogP contribution in [0.1, 0.15) is 36.9 Å². The number of phenols is 1. The van der Waals surface area contributed by atoms with E-state index in [9.17, 15) is 9.50 Å². The number of piperazine rings is 1. The van der Waals surface area contributed by atoms with Crippen molar-refractivity contribution in [3.63, 3.8) is 0 Å². The van der Waals surface area contributed by atoms with Crippen molar-refractivity contribution in [1.82, 2.24) is 10.2 Å². The molecule has 0 saturated carbocycles. The Morgan fingerprint density at radius 3 is 2.68 bits per heavy atom. The maximum absolute atomic E-state index is 13.7. The summed E-state index contributed by atoms with van der Waals surface area (Å²) in [6.07, 6.45) is 1.96. The SMILES string of the molecule is CCC[C@@H](c1cc(C)cc(F)c1O)N1CCNCC1. The van der Waals surface area contributed by atoms with Crippen LogP contribution in [-0.4, -0.2) is 36.2 Å². The number of benzene rings is 1. The molecule has 0 bridgehead atoms. The highest BCUT2D eigenvalue weighted by Gasteiger charge is 2.25. The van der Waals surface area contributed by atoms with Gasteiger partial charge >= 0.3 is 0 Å². The number of nitrogens with one attached hydrogen (secondary N) is 1. The number of aromatic hydroxyl groups is 1. The second-order valence-corrected chi connectivity index (χ2v) is 5.28. The fraction of sp³-hybridized carbons (Fsp3) is 0.600. The lowest BCUT2D eigenvalue weighted by atomic mass is 9.97. The average molecular weight is 266 g/mol. The summed E-state index contributed by atoms with van der Waals surface area (Å²) in [6, 6.07) is 3.42. The maximum atomic E-state index is 13.7. The van der Waals surface area contributed by atoms with Crippen LogP contribution in [0.2, 0.25) is 0 Å². The highest BCUT2D eigenvalue weighted by atomic mass is 19.1.